The molecule has 1 unspecified atom stereocenters. The Morgan fingerprint density at radius 2 is 1.80 bits per heavy atom. The molecule has 2 fully saturated rings. The van der Waals surface area contributed by atoms with Crippen LogP contribution in [0.5, 0.6) is 0 Å². The van der Waals surface area contributed by atoms with Gasteiger partial charge in [-0.15, -0.1) is 12.4 Å². The minimum Gasteiger partial charge on any atom is -0.467 e. The number of likely N-dealkylation sites (tertiary alicyclic amines) is 1. The number of hydrazone groups is 1. The predicted octanol–water partition coefficient (Wildman–Crippen LogP) is 1.03. The van der Waals surface area contributed by atoms with Gasteiger partial charge in [-0.05, 0) is 37.8 Å². The van der Waals surface area contributed by atoms with E-state index >= 15 is 0 Å². The summed E-state index contributed by atoms with van der Waals surface area (Å²) in [4.78, 5) is 56.8. The maximum absolute atomic E-state index is 13.9. The van der Waals surface area contributed by atoms with Crippen molar-refractivity contribution in [1.82, 2.24) is 25.8 Å². The Kier molecular flexibility index (Phi) is 14.4. The Morgan fingerprint density at radius 1 is 1.12 bits per heavy atom. The molecule has 2 saturated heterocycles. The SMILES string of the molecule is COC(=O)[C@@H](Cc1ccccc1)NC(=O)NC(C(=O)N1CCCCCC1)[C@@H](C=NN)C(=O)N(C)[C@H]1CCCNC1.Cl. The van der Waals surface area contributed by atoms with Crippen LogP contribution in [-0.2, 0) is 25.5 Å². The van der Waals surface area contributed by atoms with Gasteiger partial charge in [-0.25, -0.2) is 9.59 Å². The van der Waals surface area contributed by atoms with E-state index in [2.05, 4.69) is 21.1 Å². The van der Waals surface area contributed by atoms with Crippen LogP contribution in [0.1, 0.15) is 44.1 Å². The zero-order valence-electron chi connectivity index (χ0n) is 23.9. The van der Waals surface area contributed by atoms with Crippen molar-refractivity contribution in [3.05, 3.63) is 35.9 Å². The smallest absolute Gasteiger partial charge is 0.328 e. The number of hydrogen-bond donors (Lipinski definition) is 4. The highest BCUT2D eigenvalue weighted by molar-refractivity contribution is 6.02. The van der Waals surface area contributed by atoms with Crippen molar-refractivity contribution >= 4 is 42.4 Å². The average molecular weight is 594 g/mol. The van der Waals surface area contributed by atoms with E-state index < -0.39 is 30.0 Å². The second-order valence-corrected chi connectivity index (χ2v) is 10.4. The third kappa shape index (κ3) is 9.89. The Labute approximate surface area is 248 Å². The number of hydrogen-bond acceptors (Lipinski definition) is 8. The van der Waals surface area contributed by atoms with E-state index in [1.165, 1.54) is 13.3 Å². The lowest BCUT2D eigenvalue weighted by atomic mass is 9.95. The number of esters is 1. The molecule has 0 radical (unpaired) electrons. The molecule has 12 nitrogen and oxygen atoms in total. The van der Waals surface area contributed by atoms with Crippen molar-refractivity contribution in [2.75, 3.05) is 40.3 Å². The molecule has 0 spiro atoms. The lowest BCUT2D eigenvalue weighted by Crippen LogP contribution is -2.60. The zero-order chi connectivity index (χ0) is 28.9. The maximum Gasteiger partial charge on any atom is 0.328 e. The number of piperidine rings is 1. The first kappa shape index (κ1) is 33.8. The quantitative estimate of drug-likeness (QED) is 0.136. The van der Waals surface area contributed by atoms with Gasteiger partial charge in [0.1, 0.15) is 18.0 Å². The van der Waals surface area contributed by atoms with Crippen LogP contribution in [0.25, 0.3) is 0 Å². The molecule has 0 aliphatic carbocycles. The fourth-order valence-electron chi connectivity index (χ4n) is 5.28. The fourth-order valence-corrected chi connectivity index (χ4v) is 5.28. The van der Waals surface area contributed by atoms with Crippen LogP contribution in [0.3, 0.4) is 0 Å². The lowest BCUT2D eigenvalue weighted by molar-refractivity contribution is -0.143. The molecule has 41 heavy (non-hydrogen) atoms. The van der Waals surface area contributed by atoms with E-state index in [1.54, 1.807) is 16.8 Å². The van der Waals surface area contributed by atoms with Crippen molar-refractivity contribution < 1.29 is 23.9 Å². The van der Waals surface area contributed by atoms with Gasteiger partial charge in [0.15, 0.2) is 0 Å². The van der Waals surface area contributed by atoms with E-state index in [9.17, 15) is 19.2 Å². The van der Waals surface area contributed by atoms with Crippen molar-refractivity contribution in [2.24, 2.45) is 16.9 Å². The predicted molar refractivity (Wildman–Crippen MR) is 159 cm³/mol. The number of nitrogens with two attached hydrogens (primary N) is 1. The third-order valence-electron chi connectivity index (χ3n) is 7.60. The summed E-state index contributed by atoms with van der Waals surface area (Å²) in [6, 6.07) is 6.08. The van der Waals surface area contributed by atoms with E-state index in [1.807, 2.05) is 30.3 Å². The zero-order valence-corrected chi connectivity index (χ0v) is 24.7. The number of likely N-dealkylation sites (N-methyl/N-ethyl adjacent to an activating group) is 1. The molecule has 0 saturated carbocycles. The molecule has 0 aromatic heterocycles. The first-order chi connectivity index (χ1) is 19.3. The van der Waals surface area contributed by atoms with Crippen LogP contribution < -0.4 is 21.8 Å². The molecule has 3 rings (SSSR count). The fraction of sp³-hybridized carbons (Fsp3) is 0.607. The van der Waals surface area contributed by atoms with Gasteiger partial charge in [0.2, 0.25) is 11.8 Å². The number of amides is 4. The van der Waals surface area contributed by atoms with Crippen molar-refractivity contribution in [2.45, 2.75) is 63.1 Å². The van der Waals surface area contributed by atoms with Crippen LogP contribution in [0.2, 0.25) is 0 Å². The molecule has 5 N–H and O–H groups in total. The number of carbonyl (C=O) groups excluding carboxylic acids is 4. The molecular weight excluding hydrogens is 550 g/mol. The van der Waals surface area contributed by atoms with Crippen LogP contribution in [-0.4, -0.2) is 98.3 Å². The van der Waals surface area contributed by atoms with Gasteiger partial charge < -0.3 is 36.3 Å². The highest BCUT2D eigenvalue weighted by Gasteiger charge is 2.40. The first-order valence-electron chi connectivity index (χ1n) is 14.0. The number of nitrogens with zero attached hydrogens (tertiary/aromatic N) is 3. The summed E-state index contributed by atoms with van der Waals surface area (Å²) in [5.41, 5.74) is 0.821. The molecule has 4 atom stereocenters. The lowest BCUT2D eigenvalue weighted by Gasteiger charge is -2.36. The Hall–Kier alpha value is -3.38. The monoisotopic (exact) mass is 593 g/mol. The molecule has 1 aromatic carbocycles. The molecule has 2 aliphatic heterocycles. The molecule has 0 bridgehead atoms. The number of rotatable bonds is 10. The molecule has 4 amide bonds. The van der Waals surface area contributed by atoms with Gasteiger partial charge in [0, 0.05) is 45.4 Å². The molecule has 13 heteroatoms. The summed E-state index contributed by atoms with van der Waals surface area (Å²) in [7, 11) is 2.94. The van der Waals surface area contributed by atoms with Gasteiger partial charge in [-0.3, -0.25) is 9.59 Å². The van der Waals surface area contributed by atoms with Crippen molar-refractivity contribution in [1.29, 1.82) is 0 Å². The average Bonchev–Trinajstić information content (AvgIpc) is 3.28. The van der Waals surface area contributed by atoms with E-state index in [0.29, 0.717) is 19.6 Å². The molecular formula is C28H44ClN7O5. The number of methoxy groups -OCH3 is 1. The Balaban J connectivity index is 0.00000588. The second kappa shape index (κ2) is 17.4. The van der Waals surface area contributed by atoms with E-state index in [4.69, 9.17) is 10.6 Å². The van der Waals surface area contributed by atoms with Gasteiger partial charge in [0.05, 0.1) is 7.11 Å². The summed E-state index contributed by atoms with van der Waals surface area (Å²) in [6.45, 7) is 2.57. The molecule has 2 heterocycles. The van der Waals surface area contributed by atoms with Crippen LogP contribution in [0.15, 0.2) is 35.4 Å². The topological polar surface area (TPSA) is 158 Å². The number of ether oxygens (including phenoxy) is 1. The number of benzene rings is 1. The maximum atomic E-state index is 13.9. The minimum absolute atomic E-state index is 0. The normalized spacial score (nSPS) is 19.6. The molecule has 228 valence electrons. The minimum atomic E-state index is -1.27. The van der Waals surface area contributed by atoms with Crippen molar-refractivity contribution in [3.8, 4) is 0 Å². The first-order valence-corrected chi connectivity index (χ1v) is 14.0. The Morgan fingerprint density at radius 3 is 2.39 bits per heavy atom. The summed E-state index contributed by atoms with van der Waals surface area (Å²) < 4.78 is 4.91. The van der Waals surface area contributed by atoms with Crippen LogP contribution >= 0.6 is 12.4 Å². The summed E-state index contributed by atoms with van der Waals surface area (Å²) in [6.07, 6.45) is 6.84. The van der Waals surface area contributed by atoms with Gasteiger partial charge >= 0.3 is 12.0 Å². The number of urea groups is 1. The van der Waals surface area contributed by atoms with Gasteiger partial charge in [-0.1, -0.05) is 43.2 Å². The number of halogens is 1. The van der Waals surface area contributed by atoms with Gasteiger partial charge in [-0.2, -0.15) is 5.10 Å². The summed E-state index contributed by atoms with van der Waals surface area (Å²) >= 11 is 0. The van der Waals surface area contributed by atoms with E-state index in [-0.39, 0.29) is 36.7 Å². The summed E-state index contributed by atoms with van der Waals surface area (Å²) in [5.74, 6) is 2.99. The Bertz CT molecular complexity index is 1010. The standard InChI is InChI=1S/C28H43N7O5.ClH/c1-34(21-13-10-14-30-18-21)25(36)22(19-31-29)24(26(37)35-15-8-3-4-9-16-35)33-28(39)32-23(27(38)40-2)17-20-11-6-5-7-12-20;/h5-7,11-12,19,21-24,30H,3-4,8-10,13-18,29H2,1-2H3,(H2,32,33,39);1H/t21-,22+,23+,24?;/m0./s1. The van der Waals surface area contributed by atoms with Crippen molar-refractivity contribution in [3.63, 3.8) is 0 Å². The largest absolute Gasteiger partial charge is 0.467 e. The number of carbonyl (C=O) groups is 4. The van der Waals surface area contributed by atoms with Crippen LogP contribution in [0.4, 0.5) is 4.79 Å². The van der Waals surface area contributed by atoms with E-state index in [0.717, 1.165) is 50.6 Å². The molecule has 1 aromatic rings. The summed E-state index contributed by atoms with van der Waals surface area (Å²) in [5, 5.41) is 12.2. The molecule has 2 aliphatic rings. The second-order valence-electron chi connectivity index (χ2n) is 10.4. The van der Waals surface area contributed by atoms with Crippen LogP contribution in [0, 0.1) is 5.92 Å². The highest BCUT2D eigenvalue weighted by Crippen LogP contribution is 2.18. The third-order valence-corrected chi connectivity index (χ3v) is 7.60. The number of nitrogens with one attached hydrogen (secondary N) is 3. The highest BCUT2D eigenvalue weighted by atomic mass is 35.5. The van der Waals surface area contributed by atoms with Gasteiger partial charge in [0.25, 0.3) is 0 Å².